The second-order valence-corrected chi connectivity index (χ2v) is 4.78. The summed E-state index contributed by atoms with van der Waals surface area (Å²) >= 11 is 1.78. The van der Waals surface area contributed by atoms with Crippen molar-refractivity contribution < 1.29 is 4.74 Å². The van der Waals surface area contributed by atoms with Crippen molar-refractivity contribution in [2.24, 2.45) is 0 Å². The van der Waals surface area contributed by atoms with Crippen molar-refractivity contribution in [3.8, 4) is 5.75 Å². The molecular weight excluding hydrogens is 218 g/mol. The Morgan fingerprint density at radius 2 is 1.94 bits per heavy atom. The van der Waals surface area contributed by atoms with Crippen molar-refractivity contribution in [2.75, 3.05) is 13.2 Å². The summed E-state index contributed by atoms with van der Waals surface area (Å²) in [6, 6.07) is 9.94. The Bertz CT molecular complexity index is 375. The van der Waals surface area contributed by atoms with Crippen molar-refractivity contribution in [2.45, 2.75) is 13.8 Å². The van der Waals surface area contributed by atoms with E-state index in [0.29, 0.717) is 6.61 Å². The zero-order chi connectivity index (χ0) is 11.4. The van der Waals surface area contributed by atoms with E-state index in [0.717, 1.165) is 12.3 Å². The molecule has 2 rings (SSSR count). The van der Waals surface area contributed by atoms with E-state index in [1.54, 1.807) is 11.8 Å². The minimum absolute atomic E-state index is 0.714. The second-order valence-electron chi connectivity index (χ2n) is 3.72. The van der Waals surface area contributed by atoms with Crippen LogP contribution in [0.25, 0.3) is 0 Å². The molecule has 1 heterocycles. The molecule has 1 aromatic rings. The van der Waals surface area contributed by atoms with E-state index in [9.17, 15) is 0 Å². The highest BCUT2D eigenvalue weighted by atomic mass is 32.2. The fourth-order valence-corrected chi connectivity index (χ4v) is 2.34. The van der Waals surface area contributed by atoms with Crippen LogP contribution in [-0.2, 0) is 0 Å². The number of rotatable bonds is 4. The van der Waals surface area contributed by atoms with Gasteiger partial charge in [-0.25, -0.2) is 0 Å². The quantitative estimate of drug-likeness (QED) is 0.791. The largest absolute Gasteiger partial charge is 0.492 e. The molecule has 0 atom stereocenters. The fraction of sp³-hybridized carbons (Fsp3) is 0.308. The molecule has 1 aliphatic heterocycles. The van der Waals surface area contributed by atoms with E-state index in [1.165, 1.54) is 10.6 Å². The number of benzene rings is 1. The first-order chi connectivity index (χ1) is 7.77. The highest BCUT2D eigenvalue weighted by molar-refractivity contribution is 8.05. The Kier molecular flexibility index (Phi) is 3.78. The van der Waals surface area contributed by atoms with Crippen molar-refractivity contribution >= 4 is 11.8 Å². The first kappa shape index (κ1) is 11.4. The summed E-state index contributed by atoms with van der Waals surface area (Å²) in [7, 11) is 0. The topological polar surface area (TPSA) is 12.5 Å². The van der Waals surface area contributed by atoms with Crippen molar-refractivity contribution in [1.29, 1.82) is 0 Å². The highest BCUT2D eigenvalue weighted by Gasteiger charge is 2.16. The lowest BCUT2D eigenvalue weighted by atomic mass is 10.3. The van der Waals surface area contributed by atoms with Gasteiger partial charge in [-0.05, 0) is 26.0 Å². The van der Waals surface area contributed by atoms with Crippen LogP contribution in [0.2, 0.25) is 0 Å². The first-order valence-corrected chi connectivity index (χ1v) is 6.27. The number of allylic oxidation sites excluding steroid dienone is 2. The molecule has 0 amide bonds. The molecule has 0 spiro atoms. The third-order valence-corrected chi connectivity index (χ3v) is 3.65. The summed E-state index contributed by atoms with van der Waals surface area (Å²) < 4.78 is 5.66. The van der Waals surface area contributed by atoms with Crippen LogP contribution in [0.4, 0.5) is 0 Å². The Labute approximate surface area is 101 Å². The van der Waals surface area contributed by atoms with Crippen LogP contribution in [0.1, 0.15) is 13.8 Å². The van der Waals surface area contributed by atoms with E-state index in [-0.39, 0.29) is 0 Å². The van der Waals surface area contributed by atoms with Gasteiger partial charge < -0.3 is 9.64 Å². The molecule has 0 saturated carbocycles. The van der Waals surface area contributed by atoms with E-state index in [1.807, 2.05) is 30.3 Å². The summed E-state index contributed by atoms with van der Waals surface area (Å²) in [6.07, 6.45) is 0. The third-order valence-electron chi connectivity index (χ3n) is 2.64. The average Bonchev–Trinajstić information content (AvgIpc) is 2.62. The summed E-state index contributed by atoms with van der Waals surface area (Å²) in [6.45, 7) is 5.92. The van der Waals surface area contributed by atoms with E-state index < -0.39 is 0 Å². The Morgan fingerprint density at radius 3 is 2.56 bits per heavy atom. The molecule has 0 saturated heterocycles. The van der Waals surface area contributed by atoms with Gasteiger partial charge in [-0.3, -0.25) is 0 Å². The number of nitrogens with zero attached hydrogens (tertiary/aromatic N) is 1. The molecule has 3 heteroatoms. The monoisotopic (exact) mass is 234 g/mol. The Balaban J connectivity index is 1.77. The van der Waals surface area contributed by atoms with E-state index >= 15 is 0 Å². The van der Waals surface area contributed by atoms with Gasteiger partial charge in [0.15, 0.2) is 0 Å². The van der Waals surface area contributed by atoms with Gasteiger partial charge in [0.1, 0.15) is 18.2 Å². The molecular formula is C13H16NOS. The molecule has 0 aromatic heterocycles. The summed E-state index contributed by atoms with van der Waals surface area (Å²) in [4.78, 5) is 3.61. The van der Waals surface area contributed by atoms with Crippen LogP contribution in [0.3, 0.4) is 0 Å². The molecule has 1 aromatic carbocycles. The average molecular weight is 234 g/mol. The lowest BCUT2D eigenvalue weighted by Crippen LogP contribution is -2.21. The predicted molar refractivity (Wildman–Crippen MR) is 68.9 cm³/mol. The van der Waals surface area contributed by atoms with Gasteiger partial charge in [-0.1, -0.05) is 18.2 Å². The normalized spacial score (nSPS) is 15.8. The van der Waals surface area contributed by atoms with Gasteiger partial charge in [-0.2, -0.15) is 0 Å². The third kappa shape index (κ3) is 2.73. The predicted octanol–water partition coefficient (Wildman–Crippen LogP) is 3.48. The molecule has 0 bridgehead atoms. The molecule has 0 N–H and O–H groups in total. The van der Waals surface area contributed by atoms with Crippen LogP contribution in [0, 0.1) is 5.88 Å². The number of ether oxygens (including phenoxy) is 1. The van der Waals surface area contributed by atoms with Gasteiger partial charge in [0.05, 0.1) is 6.54 Å². The number of thioether (sulfide) groups is 1. The zero-order valence-electron chi connectivity index (χ0n) is 9.64. The van der Waals surface area contributed by atoms with E-state index in [2.05, 4.69) is 24.6 Å². The van der Waals surface area contributed by atoms with Crippen LogP contribution in [0.15, 0.2) is 40.9 Å². The smallest absolute Gasteiger partial charge is 0.119 e. The summed E-state index contributed by atoms with van der Waals surface area (Å²) in [5.41, 5.74) is 1.33. The molecule has 0 unspecified atom stereocenters. The van der Waals surface area contributed by atoms with Crippen molar-refractivity contribution in [1.82, 2.24) is 4.90 Å². The van der Waals surface area contributed by atoms with Crippen molar-refractivity contribution in [3.05, 3.63) is 46.8 Å². The molecule has 2 nitrogen and oxygen atoms in total. The Morgan fingerprint density at radius 1 is 1.19 bits per heavy atom. The van der Waals surface area contributed by atoms with Crippen LogP contribution < -0.4 is 4.74 Å². The van der Waals surface area contributed by atoms with Gasteiger partial charge in [0.2, 0.25) is 0 Å². The minimum atomic E-state index is 0.714. The minimum Gasteiger partial charge on any atom is -0.492 e. The summed E-state index contributed by atoms with van der Waals surface area (Å²) in [5, 5.41) is 0. The number of para-hydroxylation sites is 1. The fourth-order valence-electron chi connectivity index (χ4n) is 1.51. The van der Waals surface area contributed by atoms with Crippen LogP contribution in [0.5, 0.6) is 5.75 Å². The van der Waals surface area contributed by atoms with Crippen molar-refractivity contribution in [3.63, 3.8) is 0 Å². The summed E-state index contributed by atoms with van der Waals surface area (Å²) in [5.74, 6) is 3.09. The van der Waals surface area contributed by atoms with Gasteiger partial charge >= 0.3 is 0 Å². The maximum atomic E-state index is 5.66. The lowest BCUT2D eigenvalue weighted by molar-refractivity contribution is 0.274. The van der Waals surface area contributed by atoms with Crippen LogP contribution >= 0.6 is 11.8 Å². The van der Waals surface area contributed by atoms with Gasteiger partial charge in [0, 0.05) is 10.6 Å². The molecule has 0 fully saturated rings. The van der Waals surface area contributed by atoms with Crippen LogP contribution in [-0.4, -0.2) is 18.1 Å². The van der Waals surface area contributed by atoms with Gasteiger partial charge in [0.25, 0.3) is 0 Å². The lowest BCUT2D eigenvalue weighted by Gasteiger charge is -2.18. The molecule has 1 radical (unpaired) electrons. The van der Waals surface area contributed by atoms with E-state index in [4.69, 9.17) is 4.74 Å². The molecule has 0 aliphatic carbocycles. The molecule has 85 valence electrons. The molecule has 16 heavy (non-hydrogen) atoms. The highest BCUT2D eigenvalue weighted by Crippen LogP contribution is 2.33. The first-order valence-electron chi connectivity index (χ1n) is 5.39. The number of hydrogen-bond donors (Lipinski definition) is 0. The standard InChI is InChI=1S/C13H16NOS/c1-11-12(2)16-10-14(11)8-9-15-13-6-4-3-5-7-13/h3-7,10H,8-9H2,1-2H3. The van der Waals surface area contributed by atoms with Gasteiger partial charge in [-0.15, -0.1) is 11.8 Å². The maximum absolute atomic E-state index is 5.66. The SMILES string of the molecule is CC1=C(C)N(CCOc2ccccc2)[CH]S1. The second kappa shape index (κ2) is 5.30. The Hall–Kier alpha value is -1.09. The molecule has 1 aliphatic rings. The number of hydrogen-bond acceptors (Lipinski definition) is 3. The maximum Gasteiger partial charge on any atom is 0.119 e. The zero-order valence-corrected chi connectivity index (χ0v) is 10.5.